The maximum atomic E-state index is 4.15. The van der Waals surface area contributed by atoms with Crippen LogP contribution in [-0.4, -0.2) is 19.4 Å². The molecule has 0 aromatic rings. The lowest BCUT2D eigenvalue weighted by Gasteiger charge is -2.04. The van der Waals surface area contributed by atoms with Crippen molar-refractivity contribution >= 4 is 5.84 Å². The van der Waals surface area contributed by atoms with E-state index in [2.05, 4.69) is 36.3 Å². The Bertz CT molecular complexity index is 148. The van der Waals surface area contributed by atoms with Crippen LogP contribution in [-0.2, 0) is 0 Å². The third-order valence-corrected chi connectivity index (χ3v) is 1.56. The summed E-state index contributed by atoms with van der Waals surface area (Å²) >= 11 is 0. The molecule has 0 amide bonds. The molecule has 0 saturated carbocycles. The fourth-order valence-corrected chi connectivity index (χ4v) is 0.873. The van der Waals surface area contributed by atoms with Crippen LogP contribution in [0.2, 0.25) is 0 Å². The fourth-order valence-electron chi connectivity index (χ4n) is 0.873. The van der Waals surface area contributed by atoms with Crippen LogP contribution in [0, 0.1) is 0 Å². The number of nitrogens with one attached hydrogen (secondary N) is 1. The minimum Gasteiger partial charge on any atom is -0.374 e. The van der Waals surface area contributed by atoms with Gasteiger partial charge in [0.1, 0.15) is 0 Å². The molecule has 1 N–H and O–H groups in total. The second-order valence-corrected chi connectivity index (χ2v) is 2.68. The summed E-state index contributed by atoms with van der Waals surface area (Å²) in [6.07, 6.45) is 7.51. The number of rotatable bonds is 5. The molecule has 0 unspecified atom stereocenters. The molecule has 0 heterocycles. The van der Waals surface area contributed by atoms with Gasteiger partial charge in [-0.3, -0.25) is 4.99 Å². The molecule has 0 aliphatic carbocycles. The molecule has 0 bridgehead atoms. The van der Waals surface area contributed by atoms with Gasteiger partial charge in [0.15, 0.2) is 0 Å². The second-order valence-electron chi connectivity index (χ2n) is 2.68. The van der Waals surface area contributed by atoms with Crippen LogP contribution in [0.4, 0.5) is 0 Å². The van der Waals surface area contributed by atoms with Gasteiger partial charge in [-0.15, -0.1) is 0 Å². The lowest BCUT2D eigenvalue weighted by atomic mass is 10.3. The molecule has 0 saturated heterocycles. The van der Waals surface area contributed by atoms with Crippen molar-refractivity contribution in [1.82, 2.24) is 5.32 Å². The number of allylic oxidation sites excluding steroid dienone is 1. The van der Waals surface area contributed by atoms with Crippen LogP contribution in [0.5, 0.6) is 0 Å². The summed E-state index contributed by atoms with van der Waals surface area (Å²) in [5, 5.41) is 3.28. The van der Waals surface area contributed by atoms with Crippen molar-refractivity contribution in [2.45, 2.75) is 33.1 Å². The van der Waals surface area contributed by atoms with Gasteiger partial charge in [0.25, 0.3) is 0 Å². The van der Waals surface area contributed by atoms with Crippen LogP contribution >= 0.6 is 0 Å². The number of amidine groups is 1. The van der Waals surface area contributed by atoms with Gasteiger partial charge in [0, 0.05) is 20.0 Å². The maximum absolute atomic E-state index is 4.15. The predicted molar refractivity (Wildman–Crippen MR) is 55.7 cm³/mol. The van der Waals surface area contributed by atoms with Gasteiger partial charge in [0.05, 0.1) is 5.84 Å². The van der Waals surface area contributed by atoms with Gasteiger partial charge < -0.3 is 5.32 Å². The van der Waals surface area contributed by atoms with E-state index in [4.69, 9.17) is 0 Å². The van der Waals surface area contributed by atoms with Gasteiger partial charge >= 0.3 is 0 Å². The minimum atomic E-state index is 0.935. The average Bonchev–Trinajstić information content (AvgIpc) is 2.11. The highest BCUT2D eigenvalue weighted by molar-refractivity contribution is 5.83. The summed E-state index contributed by atoms with van der Waals surface area (Å²) in [5.41, 5.74) is 0. The van der Waals surface area contributed by atoms with Gasteiger partial charge in [-0.05, 0) is 12.8 Å². The third-order valence-electron chi connectivity index (χ3n) is 1.56. The molecular weight excluding hydrogens is 148 g/mol. The first kappa shape index (κ1) is 11.2. The van der Waals surface area contributed by atoms with Gasteiger partial charge in [-0.1, -0.05) is 26.0 Å². The molecule has 12 heavy (non-hydrogen) atoms. The summed E-state index contributed by atoms with van der Waals surface area (Å²) in [4.78, 5) is 4.15. The Morgan fingerprint density at radius 3 is 2.58 bits per heavy atom. The Labute approximate surface area is 75.8 Å². The molecule has 0 spiro atoms. The lowest BCUT2D eigenvalue weighted by Crippen LogP contribution is -2.23. The Morgan fingerprint density at radius 2 is 2.08 bits per heavy atom. The Morgan fingerprint density at radius 1 is 1.33 bits per heavy atom. The van der Waals surface area contributed by atoms with E-state index in [1.807, 2.05) is 7.05 Å². The topological polar surface area (TPSA) is 24.4 Å². The van der Waals surface area contributed by atoms with Crippen LogP contribution in [0.15, 0.2) is 17.1 Å². The van der Waals surface area contributed by atoms with Crippen LogP contribution in [0.3, 0.4) is 0 Å². The Balaban J connectivity index is 3.62. The summed E-state index contributed by atoms with van der Waals surface area (Å²) < 4.78 is 0. The number of aliphatic imine (C=N–C) groups is 1. The number of hydrogen-bond acceptors (Lipinski definition) is 1. The number of nitrogens with zero attached hydrogens (tertiary/aromatic N) is 1. The molecule has 0 fully saturated rings. The van der Waals surface area contributed by atoms with Crippen molar-refractivity contribution in [3.05, 3.63) is 12.2 Å². The van der Waals surface area contributed by atoms with Gasteiger partial charge in [-0.2, -0.15) is 0 Å². The van der Waals surface area contributed by atoms with Crippen LogP contribution in [0.1, 0.15) is 33.1 Å². The van der Waals surface area contributed by atoms with E-state index in [9.17, 15) is 0 Å². The van der Waals surface area contributed by atoms with Crippen molar-refractivity contribution in [3.63, 3.8) is 0 Å². The highest BCUT2D eigenvalue weighted by atomic mass is 15.0. The van der Waals surface area contributed by atoms with Crippen molar-refractivity contribution in [2.24, 2.45) is 4.99 Å². The summed E-state index contributed by atoms with van der Waals surface area (Å²) in [6.45, 7) is 5.31. The van der Waals surface area contributed by atoms with E-state index >= 15 is 0 Å². The zero-order chi connectivity index (χ0) is 9.23. The molecule has 0 rings (SSSR count). The normalized spacial score (nSPS) is 12.4. The molecule has 0 radical (unpaired) electrons. The zero-order valence-corrected chi connectivity index (χ0v) is 8.43. The first-order valence-corrected chi connectivity index (χ1v) is 4.69. The molecule has 70 valence electrons. The van der Waals surface area contributed by atoms with E-state index in [0.29, 0.717) is 0 Å². The Hall–Kier alpha value is -0.790. The van der Waals surface area contributed by atoms with E-state index in [1.165, 1.54) is 0 Å². The van der Waals surface area contributed by atoms with Crippen LogP contribution in [0.25, 0.3) is 0 Å². The molecule has 2 heteroatoms. The molecule has 0 atom stereocenters. The summed E-state index contributed by atoms with van der Waals surface area (Å²) in [6, 6.07) is 0. The molecular formula is C10H20N2. The highest BCUT2D eigenvalue weighted by Crippen LogP contribution is 1.88. The molecule has 0 aliphatic heterocycles. The quantitative estimate of drug-likeness (QED) is 0.380. The first-order chi connectivity index (χ1) is 5.85. The van der Waals surface area contributed by atoms with E-state index in [1.54, 1.807) is 0 Å². The van der Waals surface area contributed by atoms with Crippen molar-refractivity contribution in [1.29, 1.82) is 0 Å². The summed E-state index contributed by atoms with van der Waals surface area (Å²) in [5.74, 6) is 1.08. The maximum Gasteiger partial charge on any atom is 0.0997 e. The molecule has 2 nitrogen and oxygen atoms in total. The van der Waals surface area contributed by atoms with Crippen molar-refractivity contribution < 1.29 is 0 Å². The number of hydrogen-bond donors (Lipinski definition) is 1. The van der Waals surface area contributed by atoms with Gasteiger partial charge in [0.2, 0.25) is 0 Å². The standard InChI is InChI=1S/C10H20N2/c1-4-6-7-8-10(11-3)12-9-5-2/h6-7H,4-5,8-9H2,1-3H3,(H,11,12)/b7-6-. The second kappa shape index (κ2) is 8.31. The first-order valence-electron chi connectivity index (χ1n) is 4.69. The summed E-state index contributed by atoms with van der Waals surface area (Å²) in [7, 11) is 1.83. The monoisotopic (exact) mass is 168 g/mol. The molecule has 0 aliphatic rings. The SMILES string of the molecule is CC/C=C\CC(=NC)NCCC. The largest absolute Gasteiger partial charge is 0.374 e. The Kier molecular flexibility index (Phi) is 7.76. The zero-order valence-electron chi connectivity index (χ0n) is 8.43. The highest BCUT2D eigenvalue weighted by Gasteiger charge is 1.91. The van der Waals surface area contributed by atoms with Gasteiger partial charge in [-0.25, -0.2) is 0 Å². The lowest BCUT2D eigenvalue weighted by molar-refractivity contribution is 0.829. The van der Waals surface area contributed by atoms with Crippen molar-refractivity contribution in [3.8, 4) is 0 Å². The van der Waals surface area contributed by atoms with E-state index in [0.717, 1.165) is 31.6 Å². The van der Waals surface area contributed by atoms with Crippen LogP contribution < -0.4 is 5.32 Å². The van der Waals surface area contributed by atoms with E-state index in [-0.39, 0.29) is 0 Å². The third kappa shape index (κ3) is 5.96. The predicted octanol–water partition coefficient (Wildman–Crippen LogP) is 2.37. The van der Waals surface area contributed by atoms with E-state index < -0.39 is 0 Å². The molecule has 0 aromatic carbocycles. The van der Waals surface area contributed by atoms with Crippen molar-refractivity contribution in [2.75, 3.05) is 13.6 Å². The smallest absolute Gasteiger partial charge is 0.0997 e. The average molecular weight is 168 g/mol. The minimum absolute atomic E-state index is 0.935. The molecule has 0 aromatic heterocycles. The fraction of sp³-hybridized carbons (Fsp3) is 0.700.